The van der Waals surface area contributed by atoms with E-state index in [1.165, 1.54) is 0 Å². The molecule has 2 unspecified atom stereocenters. The first kappa shape index (κ1) is 7.49. The summed E-state index contributed by atoms with van der Waals surface area (Å²) in [7, 11) is 0. The maximum absolute atomic E-state index is 9.61. The third-order valence-corrected chi connectivity index (χ3v) is 2.83. The molecule has 0 amide bonds. The molecule has 0 bridgehead atoms. The molecule has 64 valence electrons. The van der Waals surface area contributed by atoms with E-state index in [1.54, 1.807) is 6.92 Å². The molecule has 0 aromatic heterocycles. The van der Waals surface area contributed by atoms with Crippen LogP contribution in [0.5, 0.6) is 0 Å². The van der Waals surface area contributed by atoms with E-state index < -0.39 is 23.4 Å². The predicted molar refractivity (Wildman–Crippen MR) is 35.9 cm³/mol. The van der Waals surface area contributed by atoms with Gasteiger partial charge in [-0.25, -0.2) is 0 Å². The molecule has 4 heteroatoms. The number of hydrogen-bond acceptors (Lipinski definition) is 4. The Hall–Kier alpha value is -0.160. The molecule has 4 nitrogen and oxygen atoms in total. The van der Waals surface area contributed by atoms with Crippen LogP contribution in [0.25, 0.3) is 0 Å². The highest BCUT2D eigenvalue weighted by atomic mass is 16.6. The van der Waals surface area contributed by atoms with Gasteiger partial charge in [-0.15, -0.1) is 0 Å². The lowest BCUT2D eigenvalue weighted by molar-refractivity contribution is -0.0597. The van der Waals surface area contributed by atoms with E-state index in [0.717, 1.165) is 0 Å². The number of hydrogen-bond donors (Lipinski definition) is 3. The molecule has 1 saturated carbocycles. The maximum Gasteiger partial charge on any atom is 0.125 e. The third kappa shape index (κ3) is 0.679. The van der Waals surface area contributed by atoms with E-state index in [2.05, 4.69) is 0 Å². The molecule has 2 aliphatic rings. The van der Waals surface area contributed by atoms with Crippen molar-refractivity contribution in [1.82, 2.24) is 0 Å². The van der Waals surface area contributed by atoms with Gasteiger partial charge in [-0.2, -0.15) is 0 Å². The normalized spacial score (nSPS) is 61.1. The summed E-state index contributed by atoms with van der Waals surface area (Å²) in [6.45, 7) is 1.50. The van der Waals surface area contributed by atoms with Crippen LogP contribution in [0.15, 0.2) is 0 Å². The Morgan fingerprint density at radius 2 is 2.27 bits per heavy atom. The number of ether oxygens (including phenoxy) is 1. The van der Waals surface area contributed by atoms with Crippen LogP contribution in [0.3, 0.4) is 0 Å². The highest BCUT2D eigenvalue weighted by Crippen LogP contribution is 2.59. The minimum Gasteiger partial charge on any atom is -0.394 e. The smallest absolute Gasteiger partial charge is 0.125 e. The molecule has 2 rings (SSSR count). The van der Waals surface area contributed by atoms with Gasteiger partial charge in [-0.05, 0) is 6.92 Å². The Morgan fingerprint density at radius 1 is 1.64 bits per heavy atom. The molecule has 4 atom stereocenters. The molecule has 11 heavy (non-hydrogen) atoms. The van der Waals surface area contributed by atoms with Gasteiger partial charge in [0.05, 0.1) is 6.61 Å². The van der Waals surface area contributed by atoms with Crippen LogP contribution in [0.2, 0.25) is 0 Å². The average molecular weight is 160 g/mol. The lowest BCUT2D eigenvalue weighted by Gasteiger charge is -2.16. The Balaban J connectivity index is 2.19. The molecule has 1 aliphatic carbocycles. The summed E-state index contributed by atoms with van der Waals surface area (Å²) in [5, 5.41) is 27.7. The quantitative estimate of drug-likeness (QED) is 0.442. The van der Waals surface area contributed by atoms with Crippen molar-refractivity contribution in [2.75, 3.05) is 6.61 Å². The molecular weight excluding hydrogens is 148 g/mol. The highest BCUT2D eigenvalue weighted by molar-refractivity contribution is 5.26. The second kappa shape index (κ2) is 1.77. The zero-order chi connectivity index (χ0) is 8.28. The number of fused-ring (bicyclic) bond motifs is 1. The molecule has 2 fully saturated rings. The van der Waals surface area contributed by atoms with Crippen molar-refractivity contribution < 1.29 is 20.1 Å². The van der Waals surface area contributed by atoms with Gasteiger partial charge < -0.3 is 20.1 Å². The Labute approximate surface area is 64.4 Å². The fourth-order valence-electron chi connectivity index (χ4n) is 1.87. The zero-order valence-electron chi connectivity index (χ0n) is 6.32. The van der Waals surface area contributed by atoms with Gasteiger partial charge in [0.25, 0.3) is 0 Å². The van der Waals surface area contributed by atoms with E-state index in [1.807, 2.05) is 0 Å². The number of aliphatic hydroxyl groups excluding tert-OH is 2. The van der Waals surface area contributed by atoms with Crippen molar-refractivity contribution in [3.63, 3.8) is 0 Å². The molecule has 1 aliphatic heterocycles. The van der Waals surface area contributed by atoms with Crippen molar-refractivity contribution in [2.45, 2.75) is 36.8 Å². The number of rotatable bonds is 1. The van der Waals surface area contributed by atoms with Gasteiger partial charge in [0.15, 0.2) is 0 Å². The molecular formula is C7H12O4. The highest BCUT2D eigenvalue weighted by Gasteiger charge is 2.76. The summed E-state index contributed by atoms with van der Waals surface area (Å²) in [5.41, 5.74) is -1.71. The van der Waals surface area contributed by atoms with Crippen LogP contribution < -0.4 is 0 Å². The largest absolute Gasteiger partial charge is 0.394 e. The summed E-state index contributed by atoms with van der Waals surface area (Å²) >= 11 is 0. The van der Waals surface area contributed by atoms with Crippen molar-refractivity contribution in [3.05, 3.63) is 0 Å². The van der Waals surface area contributed by atoms with Crippen molar-refractivity contribution >= 4 is 0 Å². The monoisotopic (exact) mass is 160 g/mol. The molecule has 0 aromatic carbocycles. The van der Waals surface area contributed by atoms with Crippen molar-refractivity contribution in [2.24, 2.45) is 0 Å². The van der Waals surface area contributed by atoms with Crippen LogP contribution in [0.4, 0.5) is 0 Å². The minimum absolute atomic E-state index is 0.237. The van der Waals surface area contributed by atoms with E-state index >= 15 is 0 Å². The Morgan fingerprint density at radius 3 is 2.55 bits per heavy atom. The first-order valence-electron chi connectivity index (χ1n) is 3.73. The summed E-state index contributed by atoms with van der Waals surface area (Å²) < 4.78 is 5.24. The number of aliphatic hydroxyl groups is 3. The van der Waals surface area contributed by atoms with Crippen LogP contribution >= 0.6 is 0 Å². The summed E-state index contributed by atoms with van der Waals surface area (Å²) in [5.74, 6) is 0. The molecule has 0 spiro atoms. The van der Waals surface area contributed by atoms with Crippen LogP contribution in [0, 0.1) is 0 Å². The molecule has 0 radical (unpaired) electrons. The molecule has 1 heterocycles. The van der Waals surface area contributed by atoms with Crippen molar-refractivity contribution in [1.29, 1.82) is 0 Å². The summed E-state index contributed by atoms with van der Waals surface area (Å²) in [4.78, 5) is 0. The third-order valence-electron chi connectivity index (χ3n) is 2.83. The minimum atomic E-state index is -1.10. The lowest BCUT2D eigenvalue weighted by Crippen LogP contribution is -2.37. The van der Waals surface area contributed by atoms with Crippen LogP contribution in [-0.2, 0) is 4.74 Å². The SMILES string of the molecule is C[C@@]12CC1(O)[C@@H](O)C(CO)O2. The van der Waals surface area contributed by atoms with Gasteiger partial charge in [0.1, 0.15) is 23.4 Å². The molecule has 0 aromatic rings. The Kier molecular flexibility index (Phi) is 1.21. The van der Waals surface area contributed by atoms with Gasteiger partial charge in [0.2, 0.25) is 0 Å². The van der Waals surface area contributed by atoms with E-state index in [-0.39, 0.29) is 6.61 Å². The van der Waals surface area contributed by atoms with Crippen LogP contribution in [-0.4, -0.2) is 45.3 Å². The van der Waals surface area contributed by atoms with E-state index in [9.17, 15) is 10.2 Å². The predicted octanol–water partition coefficient (Wildman–Crippen LogP) is -1.37. The van der Waals surface area contributed by atoms with E-state index in [0.29, 0.717) is 6.42 Å². The van der Waals surface area contributed by atoms with Gasteiger partial charge in [-0.1, -0.05) is 0 Å². The first-order valence-corrected chi connectivity index (χ1v) is 3.73. The fourth-order valence-corrected chi connectivity index (χ4v) is 1.87. The van der Waals surface area contributed by atoms with Crippen molar-refractivity contribution in [3.8, 4) is 0 Å². The topological polar surface area (TPSA) is 69.9 Å². The average Bonchev–Trinajstić information content (AvgIpc) is 2.44. The van der Waals surface area contributed by atoms with E-state index in [4.69, 9.17) is 9.84 Å². The molecule has 1 saturated heterocycles. The molecule has 3 N–H and O–H groups in total. The van der Waals surface area contributed by atoms with Gasteiger partial charge in [-0.3, -0.25) is 0 Å². The fraction of sp³-hybridized carbons (Fsp3) is 1.00. The van der Waals surface area contributed by atoms with Gasteiger partial charge >= 0.3 is 0 Å². The standard InChI is InChI=1S/C7H12O4/c1-6-3-7(6,10)5(9)4(2-8)11-6/h4-5,8-10H,2-3H2,1H3/t4?,5-,6+,7?/m0/s1. The van der Waals surface area contributed by atoms with Crippen LogP contribution in [0.1, 0.15) is 13.3 Å². The second-order valence-electron chi connectivity index (χ2n) is 3.62. The summed E-state index contributed by atoms with van der Waals surface area (Å²) in [6.07, 6.45) is -1.08. The van der Waals surface area contributed by atoms with Gasteiger partial charge in [0, 0.05) is 6.42 Å². The maximum atomic E-state index is 9.61. The second-order valence-corrected chi connectivity index (χ2v) is 3.62. The Bertz CT molecular complexity index is 195. The lowest BCUT2D eigenvalue weighted by atomic mass is 10.1. The zero-order valence-corrected chi connectivity index (χ0v) is 6.32. The first-order chi connectivity index (χ1) is 5.03. The summed E-state index contributed by atoms with van der Waals surface area (Å²) in [6, 6.07) is 0.